The molecule has 0 spiro atoms. The summed E-state index contributed by atoms with van der Waals surface area (Å²) >= 11 is 12.0. The molecule has 0 fully saturated rings. The Labute approximate surface area is 180 Å². The monoisotopic (exact) mass is 435 g/mol. The van der Waals surface area contributed by atoms with E-state index in [-0.39, 0.29) is 28.3 Å². The molecule has 8 heteroatoms. The van der Waals surface area contributed by atoms with Crippen LogP contribution in [0.1, 0.15) is 41.0 Å². The number of halogens is 2. The number of hydrogen-bond donors (Lipinski definition) is 3. The summed E-state index contributed by atoms with van der Waals surface area (Å²) in [5.74, 6) is -0.859. The van der Waals surface area contributed by atoms with Crippen LogP contribution in [0.4, 0.5) is 5.69 Å². The zero-order valence-corrected chi connectivity index (χ0v) is 17.9. The summed E-state index contributed by atoms with van der Waals surface area (Å²) in [5, 5.41) is 8.68. The number of anilines is 1. The Morgan fingerprint density at radius 3 is 2.17 bits per heavy atom. The SMILES string of the molecule is CNC(=O)c1ccc(NC(=O)C(CC(C)C)NC(=O)c2ccc(Cl)cc2Cl)cc1. The normalized spacial score (nSPS) is 11.7. The third-order valence-electron chi connectivity index (χ3n) is 4.15. The molecule has 2 aromatic carbocycles. The topological polar surface area (TPSA) is 87.3 Å². The second-order valence-corrected chi connectivity index (χ2v) is 7.77. The van der Waals surface area contributed by atoms with E-state index in [1.54, 1.807) is 37.4 Å². The smallest absolute Gasteiger partial charge is 0.253 e. The fourth-order valence-electron chi connectivity index (χ4n) is 2.69. The number of amides is 3. The lowest BCUT2D eigenvalue weighted by molar-refractivity contribution is -0.118. The molecule has 0 aliphatic rings. The van der Waals surface area contributed by atoms with E-state index in [0.717, 1.165) is 0 Å². The summed E-state index contributed by atoms with van der Waals surface area (Å²) in [4.78, 5) is 37.0. The first-order chi connectivity index (χ1) is 13.7. The van der Waals surface area contributed by atoms with Crippen LogP contribution in [0.5, 0.6) is 0 Å². The molecule has 0 aliphatic carbocycles. The summed E-state index contributed by atoms with van der Waals surface area (Å²) in [7, 11) is 1.55. The maximum Gasteiger partial charge on any atom is 0.253 e. The van der Waals surface area contributed by atoms with Crippen molar-refractivity contribution in [3.8, 4) is 0 Å². The summed E-state index contributed by atoms with van der Waals surface area (Å²) in [6, 6.07) is 10.3. The van der Waals surface area contributed by atoms with Crippen LogP contribution in [-0.2, 0) is 4.79 Å². The Morgan fingerprint density at radius 2 is 1.62 bits per heavy atom. The quantitative estimate of drug-likeness (QED) is 0.610. The first kappa shape index (κ1) is 22.7. The molecule has 0 aliphatic heterocycles. The third kappa shape index (κ3) is 6.48. The fraction of sp³-hybridized carbons (Fsp3) is 0.286. The Balaban J connectivity index is 2.13. The Kier molecular flexibility index (Phi) is 8.05. The van der Waals surface area contributed by atoms with Gasteiger partial charge < -0.3 is 16.0 Å². The first-order valence-electron chi connectivity index (χ1n) is 9.10. The van der Waals surface area contributed by atoms with Gasteiger partial charge >= 0.3 is 0 Å². The van der Waals surface area contributed by atoms with Crippen molar-refractivity contribution < 1.29 is 14.4 Å². The standard InChI is InChI=1S/C21H23Cl2N3O3/c1-12(2)10-18(26-20(28)16-9-6-14(22)11-17(16)23)21(29)25-15-7-4-13(5-8-15)19(27)24-3/h4-9,11-12,18H,10H2,1-3H3,(H,24,27)(H,25,29)(H,26,28). The Hall–Kier alpha value is -2.57. The van der Waals surface area contributed by atoms with Crippen molar-refractivity contribution in [3.05, 3.63) is 63.6 Å². The van der Waals surface area contributed by atoms with Gasteiger partial charge in [-0.25, -0.2) is 0 Å². The van der Waals surface area contributed by atoms with Gasteiger partial charge in [-0.3, -0.25) is 14.4 Å². The molecule has 0 heterocycles. The molecule has 29 heavy (non-hydrogen) atoms. The number of benzene rings is 2. The molecule has 0 radical (unpaired) electrons. The van der Waals surface area contributed by atoms with Crippen molar-refractivity contribution in [2.45, 2.75) is 26.3 Å². The molecule has 1 unspecified atom stereocenters. The van der Waals surface area contributed by atoms with Crippen molar-refractivity contribution in [2.75, 3.05) is 12.4 Å². The van der Waals surface area contributed by atoms with E-state index in [0.29, 0.717) is 22.7 Å². The van der Waals surface area contributed by atoms with Crippen molar-refractivity contribution in [1.29, 1.82) is 0 Å². The molecule has 6 nitrogen and oxygen atoms in total. The molecule has 2 rings (SSSR count). The minimum atomic E-state index is -0.757. The van der Waals surface area contributed by atoms with Gasteiger partial charge in [-0.15, -0.1) is 0 Å². The maximum atomic E-state index is 12.8. The van der Waals surface area contributed by atoms with Crippen LogP contribution in [-0.4, -0.2) is 30.8 Å². The van der Waals surface area contributed by atoms with Gasteiger partial charge in [0.25, 0.3) is 11.8 Å². The van der Waals surface area contributed by atoms with Crippen molar-refractivity contribution in [3.63, 3.8) is 0 Å². The molecular weight excluding hydrogens is 413 g/mol. The van der Waals surface area contributed by atoms with Gasteiger partial charge in [0.2, 0.25) is 5.91 Å². The molecule has 2 aromatic rings. The minimum absolute atomic E-state index is 0.169. The zero-order valence-electron chi connectivity index (χ0n) is 16.4. The second kappa shape index (κ2) is 10.3. The Morgan fingerprint density at radius 1 is 0.966 bits per heavy atom. The molecule has 0 aromatic heterocycles. The van der Waals surface area contributed by atoms with Crippen LogP contribution in [0.25, 0.3) is 0 Å². The van der Waals surface area contributed by atoms with Gasteiger partial charge in [0, 0.05) is 23.3 Å². The lowest BCUT2D eigenvalue weighted by atomic mass is 10.0. The van der Waals surface area contributed by atoms with Gasteiger partial charge in [0.15, 0.2) is 0 Å². The van der Waals surface area contributed by atoms with Crippen LogP contribution in [0.3, 0.4) is 0 Å². The van der Waals surface area contributed by atoms with Gasteiger partial charge in [-0.1, -0.05) is 37.0 Å². The van der Waals surface area contributed by atoms with Crippen molar-refractivity contribution >= 4 is 46.6 Å². The zero-order chi connectivity index (χ0) is 21.6. The number of carbonyl (C=O) groups excluding carboxylic acids is 3. The van der Waals surface area contributed by atoms with E-state index in [1.807, 2.05) is 13.8 Å². The highest BCUT2D eigenvalue weighted by Gasteiger charge is 2.24. The van der Waals surface area contributed by atoms with Gasteiger partial charge in [0.05, 0.1) is 10.6 Å². The number of rotatable bonds is 7. The number of carbonyl (C=O) groups is 3. The molecule has 1 atom stereocenters. The van der Waals surface area contributed by atoms with Crippen molar-refractivity contribution in [1.82, 2.24) is 10.6 Å². The molecule has 154 valence electrons. The Bertz CT molecular complexity index is 899. The molecule has 0 saturated carbocycles. The average Bonchev–Trinajstić information content (AvgIpc) is 2.66. The van der Waals surface area contributed by atoms with E-state index >= 15 is 0 Å². The summed E-state index contributed by atoms with van der Waals surface area (Å²) in [6.45, 7) is 3.92. The van der Waals surface area contributed by atoms with Crippen LogP contribution >= 0.6 is 23.2 Å². The van der Waals surface area contributed by atoms with Crippen molar-refractivity contribution in [2.24, 2.45) is 5.92 Å². The van der Waals surface area contributed by atoms with Crippen LogP contribution < -0.4 is 16.0 Å². The molecule has 3 amide bonds. The molecular formula is C21H23Cl2N3O3. The fourth-order valence-corrected chi connectivity index (χ4v) is 3.19. The molecule has 0 saturated heterocycles. The molecule has 3 N–H and O–H groups in total. The lowest BCUT2D eigenvalue weighted by Crippen LogP contribution is -2.44. The highest BCUT2D eigenvalue weighted by Crippen LogP contribution is 2.21. The van der Waals surface area contributed by atoms with Gasteiger partial charge in [-0.2, -0.15) is 0 Å². The number of nitrogens with one attached hydrogen (secondary N) is 3. The first-order valence-corrected chi connectivity index (χ1v) is 9.85. The summed E-state index contributed by atoms with van der Waals surface area (Å²) in [5.41, 5.74) is 1.25. The van der Waals surface area contributed by atoms with Crippen LogP contribution in [0.15, 0.2) is 42.5 Å². The predicted octanol–water partition coefficient (Wildman–Crippen LogP) is 4.14. The van der Waals surface area contributed by atoms with E-state index in [1.165, 1.54) is 12.1 Å². The largest absolute Gasteiger partial charge is 0.355 e. The molecule has 0 bridgehead atoms. The highest BCUT2D eigenvalue weighted by atomic mass is 35.5. The maximum absolute atomic E-state index is 12.8. The van der Waals surface area contributed by atoms with Crippen LogP contribution in [0.2, 0.25) is 10.0 Å². The average molecular weight is 436 g/mol. The highest BCUT2D eigenvalue weighted by molar-refractivity contribution is 6.36. The summed E-state index contributed by atoms with van der Waals surface area (Å²) < 4.78 is 0. The van der Waals surface area contributed by atoms with E-state index in [9.17, 15) is 14.4 Å². The predicted molar refractivity (Wildman–Crippen MR) is 116 cm³/mol. The van der Waals surface area contributed by atoms with E-state index in [4.69, 9.17) is 23.2 Å². The van der Waals surface area contributed by atoms with E-state index < -0.39 is 11.9 Å². The van der Waals surface area contributed by atoms with Crippen LogP contribution in [0, 0.1) is 5.92 Å². The van der Waals surface area contributed by atoms with Gasteiger partial charge in [0.1, 0.15) is 6.04 Å². The third-order valence-corrected chi connectivity index (χ3v) is 4.69. The van der Waals surface area contributed by atoms with E-state index in [2.05, 4.69) is 16.0 Å². The number of hydrogen-bond acceptors (Lipinski definition) is 3. The minimum Gasteiger partial charge on any atom is -0.355 e. The second-order valence-electron chi connectivity index (χ2n) is 6.93. The lowest BCUT2D eigenvalue weighted by Gasteiger charge is -2.20. The summed E-state index contributed by atoms with van der Waals surface area (Å²) in [6.07, 6.45) is 0.444. The van der Waals surface area contributed by atoms with Gasteiger partial charge in [-0.05, 0) is 54.8 Å².